The molecule has 0 bridgehead atoms. The van der Waals surface area contributed by atoms with Gasteiger partial charge in [0.1, 0.15) is 22.9 Å². The van der Waals surface area contributed by atoms with E-state index in [1.54, 1.807) is 44.6 Å². The number of anilines is 1. The summed E-state index contributed by atoms with van der Waals surface area (Å²) in [6, 6.07) is 8.79. The molecule has 118 valence electrons. The molecule has 0 fully saturated rings. The molecule has 1 aliphatic rings. The molecule has 0 saturated heterocycles. The Morgan fingerprint density at radius 3 is 2.61 bits per heavy atom. The van der Waals surface area contributed by atoms with Crippen LogP contribution in [0.4, 0.5) is 11.4 Å². The quantitative estimate of drug-likeness (QED) is 0.932. The van der Waals surface area contributed by atoms with Gasteiger partial charge in [0.25, 0.3) is 5.91 Å². The molecule has 3 rings (SSSR count). The minimum absolute atomic E-state index is 0.268. The van der Waals surface area contributed by atoms with Gasteiger partial charge in [-0.3, -0.25) is 4.79 Å². The molecule has 1 aliphatic heterocycles. The van der Waals surface area contributed by atoms with Crippen LogP contribution in [0.3, 0.4) is 0 Å². The maximum Gasteiger partial charge on any atom is 0.275 e. The summed E-state index contributed by atoms with van der Waals surface area (Å²) in [6.07, 6.45) is 0. The smallest absolute Gasteiger partial charge is 0.275 e. The van der Waals surface area contributed by atoms with Crippen LogP contribution in [-0.4, -0.2) is 25.8 Å². The van der Waals surface area contributed by atoms with Gasteiger partial charge in [0.2, 0.25) is 0 Å². The Bertz CT molecular complexity index is 831. The van der Waals surface area contributed by atoms with E-state index < -0.39 is 0 Å². The number of hydrogen-bond acceptors (Lipinski definition) is 4. The van der Waals surface area contributed by atoms with Gasteiger partial charge in [0.15, 0.2) is 0 Å². The summed E-state index contributed by atoms with van der Waals surface area (Å²) >= 11 is 6.11. The van der Waals surface area contributed by atoms with Gasteiger partial charge >= 0.3 is 0 Å². The normalized spacial score (nSPS) is 14.6. The summed E-state index contributed by atoms with van der Waals surface area (Å²) in [5.74, 6) is 0.927. The highest BCUT2D eigenvalue weighted by Crippen LogP contribution is 2.36. The molecule has 0 unspecified atom stereocenters. The Labute approximate surface area is 138 Å². The van der Waals surface area contributed by atoms with E-state index in [9.17, 15) is 4.79 Å². The Morgan fingerprint density at radius 2 is 1.91 bits per heavy atom. The molecule has 0 atom stereocenters. The second kappa shape index (κ2) is 5.93. The van der Waals surface area contributed by atoms with Crippen molar-refractivity contribution in [2.45, 2.75) is 6.92 Å². The molecule has 2 aromatic rings. The number of ether oxygens (including phenoxy) is 2. The third-order valence-corrected chi connectivity index (χ3v) is 4.14. The van der Waals surface area contributed by atoms with Crippen molar-refractivity contribution in [3.8, 4) is 11.5 Å². The fourth-order valence-corrected chi connectivity index (χ4v) is 2.61. The lowest BCUT2D eigenvalue weighted by molar-refractivity contribution is -0.110. The van der Waals surface area contributed by atoms with Crippen LogP contribution in [0.2, 0.25) is 5.02 Å². The zero-order valence-corrected chi connectivity index (χ0v) is 13.7. The first-order valence-corrected chi connectivity index (χ1v) is 7.34. The van der Waals surface area contributed by atoms with Gasteiger partial charge in [0, 0.05) is 16.7 Å². The van der Waals surface area contributed by atoms with Crippen molar-refractivity contribution in [3.05, 3.63) is 46.5 Å². The van der Waals surface area contributed by atoms with E-state index in [4.69, 9.17) is 21.1 Å². The maximum atomic E-state index is 12.3. The fourth-order valence-electron chi connectivity index (χ4n) is 2.46. The number of hydrogen-bond donors (Lipinski definition) is 1. The van der Waals surface area contributed by atoms with Gasteiger partial charge in [0.05, 0.1) is 19.9 Å². The number of fused-ring (bicyclic) bond motifs is 1. The van der Waals surface area contributed by atoms with Crippen LogP contribution >= 0.6 is 11.6 Å². The van der Waals surface area contributed by atoms with Crippen LogP contribution in [-0.2, 0) is 4.79 Å². The Morgan fingerprint density at radius 1 is 1.13 bits per heavy atom. The second-order valence-electron chi connectivity index (χ2n) is 5.05. The minimum Gasteiger partial charge on any atom is -0.497 e. The standard InChI is InChI=1S/C17H15ClN2O3/c1-9-12(18)6-5-11-15(9)20-17(21)16(11)19-13-8-10(22-2)4-7-14(13)23-3/h4-8H,1-3H3,(H,19,20,21). The second-order valence-corrected chi connectivity index (χ2v) is 5.45. The predicted octanol–water partition coefficient (Wildman–Crippen LogP) is 3.74. The zero-order valence-electron chi connectivity index (χ0n) is 12.9. The van der Waals surface area contributed by atoms with E-state index in [-0.39, 0.29) is 5.91 Å². The predicted molar refractivity (Wildman–Crippen MR) is 90.6 cm³/mol. The van der Waals surface area contributed by atoms with E-state index in [0.29, 0.717) is 33.6 Å². The molecule has 5 nitrogen and oxygen atoms in total. The van der Waals surface area contributed by atoms with Crippen LogP contribution in [0.25, 0.3) is 0 Å². The van der Waals surface area contributed by atoms with Gasteiger partial charge in [-0.15, -0.1) is 0 Å². The number of nitrogens with zero attached hydrogens (tertiary/aromatic N) is 1. The summed E-state index contributed by atoms with van der Waals surface area (Å²) in [6.45, 7) is 1.86. The summed E-state index contributed by atoms with van der Waals surface area (Å²) in [5, 5.41) is 3.42. The molecule has 0 spiro atoms. The van der Waals surface area contributed by atoms with Gasteiger partial charge in [-0.05, 0) is 36.8 Å². The first-order valence-electron chi connectivity index (χ1n) is 6.96. The van der Waals surface area contributed by atoms with Gasteiger partial charge in [-0.25, -0.2) is 4.99 Å². The largest absolute Gasteiger partial charge is 0.497 e. The van der Waals surface area contributed by atoms with Crippen molar-refractivity contribution >= 4 is 34.6 Å². The molecule has 0 aliphatic carbocycles. The Hall–Kier alpha value is -2.53. The first-order chi connectivity index (χ1) is 11.0. The van der Waals surface area contributed by atoms with Crippen molar-refractivity contribution in [3.63, 3.8) is 0 Å². The van der Waals surface area contributed by atoms with E-state index in [1.807, 2.05) is 6.92 Å². The average Bonchev–Trinajstić information content (AvgIpc) is 2.88. The summed E-state index contributed by atoms with van der Waals surface area (Å²) < 4.78 is 10.5. The van der Waals surface area contributed by atoms with Gasteiger partial charge < -0.3 is 14.8 Å². The van der Waals surface area contributed by atoms with Gasteiger partial charge in [-0.2, -0.15) is 0 Å². The van der Waals surface area contributed by atoms with Crippen LogP contribution in [0, 0.1) is 6.92 Å². The third-order valence-electron chi connectivity index (χ3n) is 3.73. The van der Waals surface area contributed by atoms with E-state index in [2.05, 4.69) is 10.3 Å². The zero-order chi connectivity index (χ0) is 16.6. The lowest BCUT2D eigenvalue weighted by Gasteiger charge is -2.07. The SMILES string of the molecule is COc1ccc(OC)c(N=C2C(=O)Nc3c2ccc(Cl)c3C)c1. The van der Waals surface area contributed by atoms with E-state index in [0.717, 1.165) is 11.1 Å². The lowest BCUT2D eigenvalue weighted by Crippen LogP contribution is -2.14. The lowest BCUT2D eigenvalue weighted by atomic mass is 10.1. The number of aliphatic imine (C=N–C) groups is 1. The molecule has 2 aromatic carbocycles. The Balaban J connectivity index is 2.15. The molecule has 23 heavy (non-hydrogen) atoms. The van der Waals surface area contributed by atoms with E-state index >= 15 is 0 Å². The monoisotopic (exact) mass is 330 g/mol. The highest BCUT2D eigenvalue weighted by molar-refractivity contribution is 6.54. The number of methoxy groups -OCH3 is 2. The van der Waals surface area contributed by atoms with Crippen LogP contribution in [0.1, 0.15) is 11.1 Å². The molecule has 0 radical (unpaired) electrons. The number of benzene rings is 2. The number of carbonyl (C=O) groups is 1. The third kappa shape index (κ3) is 2.64. The minimum atomic E-state index is -0.268. The Kier molecular flexibility index (Phi) is 3.96. The number of amides is 1. The number of halogens is 1. The molecule has 0 aromatic heterocycles. The van der Waals surface area contributed by atoms with Crippen molar-refractivity contribution in [2.24, 2.45) is 4.99 Å². The molecule has 0 saturated carbocycles. The van der Waals surface area contributed by atoms with Crippen LogP contribution in [0.15, 0.2) is 35.3 Å². The highest BCUT2D eigenvalue weighted by atomic mass is 35.5. The van der Waals surface area contributed by atoms with Crippen molar-refractivity contribution in [1.82, 2.24) is 0 Å². The summed E-state index contributed by atoms with van der Waals surface area (Å²) in [4.78, 5) is 16.8. The maximum absolute atomic E-state index is 12.3. The van der Waals surface area contributed by atoms with E-state index in [1.165, 1.54) is 0 Å². The highest BCUT2D eigenvalue weighted by Gasteiger charge is 2.28. The summed E-state index contributed by atoms with van der Waals surface area (Å²) in [7, 11) is 3.12. The number of rotatable bonds is 3. The topological polar surface area (TPSA) is 59.9 Å². The van der Waals surface area contributed by atoms with Crippen LogP contribution in [0.5, 0.6) is 11.5 Å². The van der Waals surface area contributed by atoms with Crippen molar-refractivity contribution < 1.29 is 14.3 Å². The molecular weight excluding hydrogens is 316 g/mol. The average molecular weight is 331 g/mol. The summed E-state index contributed by atoms with van der Waals surface area (Å²) in [5.41, 5.74) is 3.09. The molecule has 1 amide bonds. The first kappa shape index (κ1) is 15.4. The molecular formula is C17H15ClN2O3. The van der Waals surface area contributed by atoms with Crippen LogP contribution < -0.4 is 14.8 Å². The van der Waals surface area contributed by atoms with Crippen molar-refractivity contribution in [1.29, 1.82) is 0 Å². The number of nitrogens with one attached hydrogen (secondary N) is 1. The van der Waals surface area contributed by atoms with Crippen molar-refractivity contribution in [2.75, 3.05) is 19.5 Å². The molecule has 1 heterocycles. The molecule has 1 N–H and O–H groups in total. The fraction of sp³-hybridized carbons (Fsp3) is 0.176. The van der Waals surface area contributed by atoms with Gasteiger partial charge in [-0.1, -0.05) is 11.6 Å². The molecule has 6 heteroatoms. The number of carbonyl (C=O) groups excluding carboxylic acids is 1.